The zero-order valence-corrected chi connectivity index (χ0v) is 14.1. The number of carbonyl (C=O) groups is 1. The van der Waals surface area contributed by atoms with E-state index in [-0.39, 0.29) is 5.91 Å². The van der Waals surface area contributed by atoms with Gasteiger partial charge in [0.15, 0.2) is 0 Å². The molecule has 22 heavy (non-hydrogen) atoms. The van der Waals surface area contributed by atoms with Crippen molar-refractivity contribution in [1.29, 1.82) is 0 Å². The van der Waals surface area contributed by atoms with Gasteiger partial charge < -0.3 is 9.42 Å². The maximum Gasteiger partial charge on any atom is 0.236 e. The van der Waals surface area contributed by atoms with Crippen molar-refractivity contribution < 1.29 is 9.32 Å². The molecule has 0 radical (unpaired) electrons. The quantitative estimate of drug-likeness (QED) is 0.827. The van der Waals surface area contributed by atoms with Gasteiger partial charge in [-0.05, 0) is 26.8 Å². The highest BCUT2D eigenvalue weighted by atomic mass is 16.5. The molecule has 1 aromatic heterocycles. The van der Waals surface area contributed by atoms with Gasteiger partial charge in [-0.1, -0.05) is 5.16 Å². The zero-order chi connectivity index (χ0) is 15.9. The lowest BCUT2D eigenvalue weighted by atomic mass is 9.79. The molecule has 2 aliphatic heterocycles. The Kier molecular flexibility index (Phi) is 3.99. The molecule has 6 nitrogen and oxygen atoms in total. The second-order valence-corrected chi connectivity index (χ2v) is 7.20. The molecule has 2 fully saturated rings. The van der Waals surface area contributed by atoms with Gasteiger partial charge in [0.05, 0.1) is 12.2 Å². The molecule has 1 spiro atoms. The average molecular weight is 306 g/mol. The van der Waals surface area contributed by atoms with Gasteiger partial charge in [-0.2, -0.15) is 0 Å². The number of aryl methyl sites for hydroxylation is 2. The third-order valence-electron chi connectivity index (χ3n) is 5.06. The van der Waals surface area contributed by atoms with Gasteiger partial charge >= 0.3 is 0 Å². The summed E-state index contributed by atoms with van der Waals surface area (Å²) in [5, 5.41) is 4.03. The minimum Gasteiger partial charge on any atom is -0.361 e. The van der Waals surface area contributed by atoms with Crippen molar-refractivity contribution in [3.05, 3.63) is 17.0 Å². The standard InChI is InChI=1S/C16H26N4O2/c1-12-14(13(2)22-17-12)7-20-10-16(11-20)5-6-19(9-16)8-15(21)18(3)4/h5-11H2,1-4H3. The van der Waals surface area contributed by atoms with Crippen LogP contribution in [0.1, 0.15) is 23.4 Å². The molecule has 0 N–H and O–H groups in total. The highest BCUT2D eigenvalue weighted by Crippen LogP contribution is 2.40. The third kappa shape index (κ3) is 2.90. The van der Waals surface area contributed by atoms with Crippen LogP contribution in [0.5, 0.6) is 0 Å². The van der Waals surface area contributed by atoms with Crippen LogP contribution in [0.25, 0.3) is 0 Å². The van der Waals surface area contributed by atoms with Crippen LogP contribution in [-0.2, 0) is 11.3 Å². The predicted molar refractivity (Wildman–Crippen MR) is 83.4 cm³/mol. The molecule has 1 amide bonds. The summed E-state index contributed by atoms with van der Waals surface area (Å²) in [4.78, 5) is 18.3. The predicted octanol–water partition coefficient (Wildman–Crippen LogP) is 0.887. The number of likely N-dealkylation sites (tertiary alicyclic amines) is 2. The van der Waals surface area contributed by atoms with Crippen molar-refractivity contribution in [3.8, 4) is 0 Å². The van der Waals surface area contributed by atoms with Crippen LogP contribution in [0.4, 0.5) is 0 Å². The van der Waals surface area contributed by atoms with Crippen LogP contribution < -0.4 is 0 Å². The van der Waals surface area contributed by atoms with Crippen LogP contribution in [0.2, 0.25) is 0 Å². The van der Waals surface area contributed by atoms with Crippen LogP contribution in [-0.4, -0.2) is 72.6 Å². The van der Waals surface area contributed by atoms with Gasteiger partial charge in [0.1, 0.15) is 5.76 Å². The van der Waals surface area contributed by atoms with E-state index in [1.54, 1.807) is 4.90 Å². The first kappa shape index (κ1) is 15.5. The highest BCUT2D eigenvalue weighted by Gasteiger charge is 2.47. The molecule has 0 bridgehead atoms. The van der Waals surface area contributed by atoms with E-state index in [0.717, 1.165) is 44.2 Å². The van der Waals surface area contributed by atoms with Crippen LogP contribution >= 0.6 is 0 Å². The Hall–Kier alpha value is -1.40. The number of nitrogens with zero attached hydrogens (tertiary/aromatic N) is 4. The summed E-state index contributed by atoms with van der Waals surface area (Å²) in [6, 6.07) is 0. The molecular weight excluding hydrogens is 280 g/mol. The Bertz CT molecular complexity index is 541. The summed E-state index contributed by atoms with van der Waals surface area (Å²) in [5.41, 5.74) is 2.63. The van der Waals surface area contributed by atoms with Crippen molar-refractivity contribution in [2.45, 2.75) is 26.8 Å². The lowest BCUT2D eigenvalue weighted by Gasteiger charge is -2.48. The lowest BCUT2D eigenvalue weighted by molar-refractivity contribution is -0.129. The molecule has 1 aromatic rings. The van der Waals surface area contributed by atoms with Gasteiger partial charge in [0.2, 0.25) is 5.91 Å². The van der Waals surface area contributed by atoms with Crippen molar-refractivity contribution in [2.75, 3.05) is 46.8 Å². The fourth-order valence-corrected chi connectivity index (χ4v) is 3.72. The van der Waals surface area contributed by atoms with Crippen LogP contribution in [0, 0.1) is 19.3 Å². The topological polar surface area (TPSA) is 52.8 Å². The third-order valence-corrected chi connectivity index (χ3v) is 5.06. The second kappa shape index (κ2) is 5.66. The van der Waals surface area contributed by atoms with E-state index < -0.39 is 0 Å². The second-order valence-electron chi connectivity index (χ2n) is 7.20. The fourth-order valence-electron chi connectivity index (χ4n) is 3.72. The van der Waals surface area contributed by atoms with Gasteiger partial charge in [-0.25, -0.2) is 0 Å². The van der Waals surface area contributed by atoms with E-state index in [0.29, 0.717) is 12.0 Å². The molecule has 0 atom stereocenters. The van der Waals surface area contributed by atoms with Gasteiger partial charge in [0, 0.05) is 51.3 Å². The largest absolute Gasteiger partial charge is 0.361 e. The van der Waals surface area contributed by atoms with Crippen molar-refractivity contribution in [3.63, 3.8) is 0 Å². The summed E-state index contributed by atoms with van der Waals surface area (Å²) in [5.74, 6) is 1.13. The molecule has 0 unspecified atom stereocenters. The Morgan fingerprint density at radius 2 is 1.95 bits per heavy atom. The van der Waals surface area contributed by atoms with Crippen LogP contribution in [0.3, 0.4) is 0 Å². The van der Waals surface area contributed by atoms with E-state index in [1.807, 2.05) is 27.9 Å². The summed E-state index contributed by atoms with van der Waals surface area (Å²) < 4.78 is 5.24. The molecule has 6 heteroatoms. The molecule has 0 aromatic carbocycles. The number of amides is 1. The summed E-state index contributed by atoms with van der Waals surface area (Å²) in [6.45, 7) is 9.79. The normalized spacial score (nSPS) is 21.3. The highest BCUT2D eigenvalue weighted by molar-refractivity contribution is 5.77. The summed E-state index contributed by atoms with van der Waals surface area (Å²) in [7, 11) is 3.64. The number of rotatable bonds is 4. The molecule has 122 valence electrons. The first-order valence-corrected chi connectivity index (χ1v) is 7.95. The zero-order valence-electron chi connectivity index (χ0n) is 14.1. The van der Waals surface area contributed by atoms with E-state index in [9.17, 15) is 4.79 Å². The minimum absolute atomic E-state index is 0.198. The van der Waals surface area contributed by atoms with Gasteiger partial charge in [-0.15, -0.1) is 0 Å². The maximum atomic E-state index is 11.8. The molecular formula is C16H26N4O2. The molecule has 3 rings (SSSR count). The molecule has 2 aliphatic rings. The van der Waals surface area contributed by atoms with Crippen molar-refractivity contribution in [1.82, 2.24) is 19.9 Å². The smallest absolute Gasteiger partial charge is 0.236 e. The Balaban J connectivity index is 1.50. The van der Waals surface area contributed by atoms with Crippen molar-refractivity contribution in [2.24, 2.45) is 5.41 Å². The SMILES string of the molecule is Cc1noc(C)c1CN1CC2(CCN(CC(=O)N(C)C)C2)C1. The van der Waals surface area contributed by atoms with Gasteiger partial charge in [0.25, 0.3) is 0 Å². The number of carbonyl (C=O) groups excluding carboxylic acids is 1. The number of hydrogen-bond acceptors (Lipinski definition) is 5. The Labute approximate surface area is 132 Å². The molecule has 2 saturated heterocycles. The Morgan fingerprint density at radius 1 is 1.27 bits per heavy atom. The number of hydrogen-bond donors (Lipinski definition) is 0. The number of aromatic nitrogens is 1. The van der Waals surface area contributed by atoms with E-state index in [1.165, 1.54) is 12.0 Å². The van der Waals surface area contributed by atoms with Crippen molar-refractivity contribution >= 4 is 5.91 Å². The molecule has 0 aliphatic carbocycles. The molecule has 3 heterocycles. The number of likely N-dealkylation sites (N-methyl/N-ethyl adjacent to an activating group) is 1. The fraction of sp³-hybridized carbons (Fsp3) is 0.750. The van der Waals surface area contributed by atoms with E-state index >= 15 is 0 Å². The van der Waals surface area contributed by atoms with Crippen LogP contribution in [0.15, 0.2) is 4.52 Å². The first-order chi connectivity index (χ1) is 10.4. The Morgan fingerprint density at radius 3 is 2.55 bits per heavy atom. The minimum atomic E-state index is 0.198. The summed E-state index contributed by atoms with van der Waals surface area (Å²) in [6.07, 6.45) is 1.20. The first-order valence-electron chi connectivity index (χ1n) is 7.95. The monoisotopic (exact) mass is 306 g/mol. The maximum absolute atomic E-state index is 11.8. The molecule has 0 saturated carbocycles. The van der Waals surface area contributed by atoms with E-state index in [4.69, 9.17) is 4.52 Å². The van der Waals surface area contributed by atoms with E-state index in [2.05, 4.69) is 15.0 Å². The summed E-state index contributed by atoms with van der Waals surface area (Å²) >= 11 is 0. The lowest BCUT2D eigenvalue weighted by Crippen LogP contribution is -2.57. The average Bonchev–Trinajstić information content (AvgIpc) is 2.97. The van der Waals surface area contributed by atoms with Gasteiger partial charge in [-0.3, -0.25) is 14.6 Å².